The number of carbonyl (C=O) groups excluding carboxylic acids is 1. The first kappa shape index (κ1) is 19.5. The highest BCUT2D eigenvalue weighted by Crippen LogP contribution is 2.32. The van der Waals surface area contributed by atoms with Crippen molar-refractivity contribution in [2.24, 2.45) is 11.8 Å². The third-order valence-corrected chi connectivity index (χ3v) is 4.70. The van der Waals surface area contributed by atoms with Crippen molar-refractivity contribution < 1.29 is 14.3 Å². The molecule has 0 bridgehead atoms. The van der Waals surface area contributed by atoms with E-state index >= 15 is 0 Å². The van der Waals surface area contributed by atoms with Crippen LogP contribution in [0, 0.1) is 11.8 Å². The Morgan fingerprint density at radius 1 is 0.864 bits per heavy atom. The van der Waals surface area contributed by atoms with Gasteiger partial charge in [-0.2, -0.15) is 0 Å². The van der Waals surface area contributed by atoms with Crippen molar-refractivity contribution in [3.05, 3.63) is 0 Å². The van der Waals surface area contributed by atoms with Gasteiger partial charge in [-0.05, 0) is 57.3 Å². The summed E-state index contributed by atoms with van der Waals surface area (Å²) in [5, 5.41) is 0. The molecule has 0 spiro atoms. The second-order valence-electron chi connectivity index (χ2n) is 6.70. The lowest BCUT2D eigenvalue weighted by Crippen LogP contribution is -2.24. The molecule has 1 rings (SSSR count). The number of hydrogen-bond acceptors (Lipinski definition) is 3. The Hall–Kier alpha value is -0.570. The molecule has 1 fully saturated rings. The summed E-state index contributed by atoms with van der Waals surface area (Å²) in [6.07, 6.45) is 12.5. The molecule has 1 aliphatic rings. The van der Waals surface area contributed by atoms with Gasteiger partial charge in [0.1, 0.15) is 0 Å². The topological polar surface area (TPSA) is 35.5 Å². The van der Waals surface area contributed by atoms with Gasteiger partial charge in [0.05, 0.1) is 12.5 Å². The predicted molar refractivity (Wildman–Crippen MR) is 90.9 cm³/mol. The largest absolute Gasteiger partial charge is 0.465 e. The van der Waals surface area contributed by atoms with Crippen LogP contribution in [0.2, 0.25) is 0 Å². The zero-order valence-corrected chi connectivity index (χ0v) is 14.8. The van der Waals surface area contributed by atoms with Crippen molar-refractivity contribution in [1.29, 1.82) is 0 Å². The third-order valence-electron chi connectivity index (χ3n) is 4.70. The minimum absolute atomic E-state index is 0.0501. The molecule has 0 saturated heterocycles. The van der Waals surface area contributed by atoms with Crippen LogP contribution in [0.1, 0.15) is 84.5 Å². The predicted octanol–water partition coefficient (Wildman–Crippen LogP) is 5.12. The van der Waals surface area contributed by atoms with Crippen LogP contribution in [-0.4, -0.2) is 25.8 Å². The standard InChI is InChI=1S/C19H36O3/c1-3-5-14-21-15-7-6-8-16-22-19(20)18-12-10-17(9-4-2)11-13-18/h17-18H,3-16H2,1-2H3. The Kier molecular flexibility index (Phi) is 11.4. The fraction of sp³-hybridized carbons (Fsp3) is 0.947. The molecule has 0 amide bonds. The van der Waals surface area contributed by atoms with Crippen LogP contribution in [0.15, 0.2) is 0 Å². The quantitative estimate of drug-likeness (QED) is 0.370. The van der Waals surface area contributed by atoms with E-state index in [2.05, 4.69) is 13.8 Å². The van der Waals surface area contributed by atoms with Crippen LogP contribution >= 0.6 is 0 Å². The van der Waals surface area contributed by atoms with E-state index in [-0.39, 0.29) is 11.9 Å². The lowest BCUT2D eigenvalue weighted by Gasteiger charge is -2.26. The maximum absolute atomic E-state index is 12.0. The summed E-state index contributed by atoms with van der Waals surface area (Å²) in [6, 6.07) is 0. The summed E-state index contributed by atoms with van der Waals surface area (Å²) in [5.41, 5.74) is 0. The molecule has 1 saturated carbocycles. The lowest BCUT2D eigenvalue weighted by molar-refractivity contribution is -0.150. The molecule has 0 unspecified atom stereocenters. The zero-order valence-electron chi connectivity index (χ0n) is 14.8. The van der Waals surface area contributed by atoms with E-state index < -0.39 is 0 Å². The summed E-state index contributed by atoms with van der Waals surface area (Å²) >= 11 is 0. The van der Waals surface area contributed by atoms with Gasteiger partial charge in [-0.25, -0.2) is 0 Å². The lowest BCUT2D eigenvalue weighted by atomic mass is 9.80. The number of hydrogen-bond donors (Lipinski definition) is 0. The van der Waals surface area contributed by atoms with Crippen LogP contribution in [0.25, 0.3) is 0 Å². The summed E-state index contributed by atoms with van der Waals surface area (Å²) < 4.78 is 11.0. The van der Waals surface area contributed by atoms with Gasteiger partial charge >= 0.3 is 5.97 Å². The van der Waals surface area contributed by atoms with E-state index in [1.165, 1.54) is 32.1 Å². The maximum Gasteiger partial charge on any atom is 0.308 e. The average Bonchev–Trinajstić information content (AvgIpc) is 2.54. The van der Waals surface area contributed by atoms with E-state index in [1.54, 1.807) is 0 Å². The van der Waals surface area contributed by atoms with E-state index in [1.807, 2.05) is 0 Å². The average molecular weight is 312 g/mol. The molecule has 3 nitrogen and oxygen atoms in total. The Morgan fingerprint density at radius 2 is 1.55 bits per heavy atom. The monoisotopic (exact) mass is 312 g/mol. The third kappa shape index (κ3) is 8.77. The Bertz CT molecular complexity index is 270. The number of carbonyl (C=O) groups is 1. The fourth-order valence-electron chi connectivity index (χ4n) is 3.22. The minimum Gasteiger partial charge on any atom is -0.465 e. The first-order chi connectivity index (χ1) is 10.8. The first-order valence-electron chi connectivity index (χ1n) is 9.52. The highest BCUT2D eigenvalue weighted by molar-refractivity contribution is 5.72. The van der Waals surface area contributed by atoms with Crippen molar-refractivity contribution in [2.75, 3.05) is 19.8 Å². The summed E-state index contributed by atoms with van der Waals surface area (Å²) in [4.78, 5) is 12.0. The van der Waals surface area contributed by atoms with Gasteiger partial charge in [0.15, 0.2) is 0 Å². The minimum atomic E-state index is 0.0501. The molecule has 0 heterocycles. The summed E-state index contributed by atoms with van der Waals surface area (Å²) in [6.45, 7) is 6.73. The van der Waals surface area contributed by atoms with Crippen LogP contribution < -0.4 is 0 Å². The smallest absolute Gasteiger partial charge is 0.308 e. The zero-order chi connectivity index (χ0) is 16.0. The normalized spacial score (nSPS) is 21.7. The summed E-state index contributed by atoms with van der Waals surface area (Å²) in [7, 11) is 0. The SMILES string of the molecule is CCCCOCCCCCOC(=O)C1CCC(CCC)CC1. The number of unbranched alkanes of at least 4 members (excludes halogenated alkanes) is 3. The fourth-order valence-corrected chi connectivity index (χ4v) is 3.22. The number of ether oxygens (including phenoxy) is 2. The molecule has 22 heavy (non-hydrogen) atoms. The second-order valence-corrected chi connectivity index (χ2v) is 6.70. The molecule has 0 atom stereocenters. The molecule has 0 aromatic heterocycles. The van der Waals surface area contributed by atoms with Gasteiger partial charge in [0.2, 0.25) is 0 Å². The molecule has 0 N–H and O–H groups in total. The van der Waals surface area contributed by atoms with E-state index in [0.29, 0.717) is 6.61 Å². The number of esters is 1. The molecule has 3 heteroatoms. The maximum atomic E-state index is 12.0. The molecule has 130 valence electrons. The highest BCUT2D eigenvalue weighted by atomic mass is 16.5. The van der Waals surface area contributed by atoms with Gasteiger partial charge < -0.3 is 9.47 Å². The Balaban J connectivity index is 1.93. The molecule has 1 aliphatic carbocycles. The Morgan fingerprint density at radius 3 is 2.23 bits per heavy atom. The van der Waals surface area contributed by atoms with Crippen LogP contribution in [0.5, 0.6) is 0 Å². The molecule has 0 aromatic rings. The van der Waals surface area contributed by atoms with Gasteiger partial charge in [-0.3, -0.25) is 4.79 Å². The molecular weight excluding hydrogens is 276 g/mol. The van der Waals surface area contributed by atoms with Gasteiger partial charge in [-0.1, -0.05) is 33.1 Å². The molecule has 0 radical (unpaired) electrons. The van der Waals surface area contributed by atoms with Crippen LogP contribution in [0.4, 0.5) is 0 Å². The highest BCUT2D eigenvalue weighted by Gasteiger charge is 2.26. The van der Waals surface area contributed by atoms with Crippen molar-refractivity contribution in [2.45, 2.75) is 84.5 Å². The van der Waals surface area contributed by atoms with Gasteiger partial charge in [0.25, 0.3) is 0 Å². The summed E-state index contributed by atoms with van der Waals surface area (Å²) in [5.74, 6) is 1.07. The van der Waals surface area contributed by atoms with Crippen molar-refractivity contribution in [3.63, 3.8) is 0 Å². The molecule has 0 aromatic carbocycles. The van der Waals surface area contributed by atoms with E-state index in [4.69, 9.17) is 9.47 Å². The van der Waals surface area contributed by atoms with Crippen LogP contribution in [-0.2, 0) is 14.3 Å². The van der Waals surface area contributed by atoms with Crippen molar-refractivity contribution >= 4 is 5.97 Å². The van der Waals surface area contributed by atoms with Crippen molar-refractivity contribution in [1.82, 2.24) is 0 Å². The molecular formula is C19H36O3. The van der Waals surface area contributed by atoms with E-state index in [9.17, 15) is 4.79 Å². The Labute approximate surface area is 137 Å². The van der Waals surface area contributed by atoms with Gasteiger partial charge in [0, 0.05) is 13.2 Å². The first-order valence-corrected chi connectivity index (χ1v) is 9.52. The molecule has 0 aliphatic heterocycles. The number of rotatable bonds is 12. The van der Waals surface area contributed by atoms with Gasteiger partial charge in [-0.15, -0.1) is 0 Å². The van der Waals surface area contributed by atoms with Crippen LogP contribution in [0.3, 0.4) is 0 Å². The second kappa shape index (κ2) is 12.9. The van der Waals surface area contributed by atoms with E-state index in [0.717, 1.165) is 57.7 Å². The van der Waals surface area contributed by atoms with Crippen molar-refractivity contribution in [3.8, 4) is 0 Å².